The van der Waals surface area contributed by atoms with Crippen molar-refractivity contribution >= 4 is 26.2 Å². The third-order valence-electron chi connectivity index (χ3n) is 3.73. The van der Waals surface area contributed by atoms with Crippen LogP contribution in [-0.2, 0) is 8.85 Å². The summed E-state index contributed by atoms with van der Waals surface area (Å²) in [6.45, 7) is 22.2. The summed E-state index contributed by atoms with van der Waals surface area (Å²) in [5.74, 6) is 0. The summed E-state index contributed by atoms with van der Waals surface area (Å²) in [5.41, 5.74) is 0. The lowest BCUT2D eigenvalue weighted by Crippen LogP contribution is -2.59. The van der Waals surface area contributed by atoms with Crippen LogP contribution in [0.4, 0.5) is 0 Å². The van der Waals surface area contributed by atoms with Gasteiger partial charge in [0.1, 0.15) is 8.80 Å². The summed E-state index contributed by atoms with van der Waals surface area (Å²) in [5, 5.41) is 1.01. The maximum atomic E-state index is 6.43. The molecule has 0 N–H and O–H groups in total. The van der Waals surface area contributed by atoms with Crippen molar-refractivity contribution in [2.24, 2.45) is 0 Å². The fourth-order valence-corrected chi connectivity index (χ4v) is 9.85. The quantitative estimate of drug-likeness (QED) is 0.501. The Balaban J connectivity index is 5.13. The summed E-state index contributed by atoms with van der Waals surface area (Å²) in [7, 11) is -3.91. The fraction of sp³-hybridized carbons (Fsp3) is 0.846. The third-order valence-corrected chi connectivity index (χ3v) is 10.3. The number of hydrogen-bond donors (Lipinski definition) is 0. The highest BCUT2D eigenvalue weighted by Crippen LogP contribution is 2.35. The fourth-order valence-electron chi connectivity index (χ4n) is 2.40. The van der Waals surface area contributed by atoms with Gasteiger partial charge in [0.25, 0.3) is 8.32 Å². The van der Waals surface area contributed by atoms with Gasteiger partial charge in [-0.05, 0) is 39.0 Å². The Labute approximate surface area is 118 Å². The smallest absolute Gasteiger partial charge is 0.274 e. The van der Waals surface area contributed by atoms with Gasteiger partial charge in [-0.1, -0.05) is 33.5 Å². The summed E-state index contributed by atoms with van der Waals surface area (Å²) in [6.07, 6.45) is 2.08. The van der Waals surface area contributed by atoms with E-state index in [0.29, 0.717) is 0 Å². The minimum absolute atomic E-state index is 0.0420. The van der Waals surface area contributed by atoms with Gasteiger partial charge in [0.2, 0.25) is 0 Å². The minimum Gasteiger partial charge on any atom is -0.549 e. The van der Waals surface area contributed by atoms with Crippen LogP contribution in [0.3, 0.4) is 0 Å². The number of rotatable bonds is 8. The van der Waals surface area contributed by atoms with Gasteiger partial charge in [-0.25, -0.2) is 0 Å². The van der Waals surface area contributed by atoms with Crippen molar-refractivity contribution in [3.63, 3.8) is 0 Å². The van der Waals surface area contributed by atoms with E-state index in [2.05, 4.69) is 59.7 Å². The molecule has 0 spiro atoms. The van der Waals surface area contributed by atoms with Gasteiger partial charge in [-0.3, -0.25) is 0 Å². The van der Waals surface area contributed by atoms with Crippen LogP contribution in [0.1, 0.15) is 26.7 Å². The number of hydrogen-bond acceptors (Lipinski definition) is 2. The SMILES string of the molecule is C=C(O[Si](C)(C)C(CC)(CC)O[SiH](C)C)[SiH](C)C. The molecule has 0 aromatic heterocycles. The van der Waals surface area contributed by atoms with Crippen molar-refractivity contribution in [2.75, 3.05) is 0 Å². The highest BCUT2D eigenvalue weighted by atomic mass is 28.4. The van der Waals surface area contributed by atoms with Crippen LogP contribution in [0.25, 0.3) is 0 Å². The lowest BCUT2D eigenvalue weighted by atomic mass is 10.2. The van der Waals surface area contributed by atoms with Gasteiger partial charge in [-0.2, -0.15) is 0 Å². The molecular formula is C13H32O2Si3. The monoisotopic (exact) mass is 304 g/mol. The maximum absolute atomic E-state index is 6.43. The molecule has 2 nitrogen and oxygen atoms in total. The topological polar surface area (TPSA) is 18.5 Å². The molecule has 0 rings (SSSR count). The highest BCUT2D eigenvalue weighted by Gasteiger charge is 2.49. The first kappa shape index (κ1) is 18.2. The molecule has 0 bridgehead atoms. The molecule has 0 aliphatic rings. The average Bonchev–Trinajstić information content (AvgIpc) is 2.24. The summed E-state index contributed by atoms with van der Waals surface area (Å²) in [4.78, 5) is 0. The molecule has 18 heavy (non-hydrogen) atoms. The molecule has 0 radical (unpaired) electrons. The van der Waals surface area contributed by atoms with E-state index in [1.165, 1.54) is 0 Å². The van der Waals surface area contributed by atoms with E-state index in [1.54, 1.807) is 0 Å². The van der Waals surface area contributed by atoms with E-state index >= 15 is 0 Å². The lowest BCUT2D eigenvalue weighted by molar-refractivity contribution is 0.113. The molecule has 0 heterocycles. The molecule has 0 amide bonds. The van der Waals surface area contributed by atoms with Crippen molar-refractivity contribution in [2.45, 2.75) is 71.2 Å². The second kappa shape index (κ2) is 7.07. The van der Waals surface area contributed by atoms with Gasteiger partial charge in [0.15, 0.2) is 9.04 Å². The van der Waals surface area contributed by atoms with E-state index < -0.39 is 26.2 Å². The summed E-state index contributed by atoms with van der Waals surface area (Å²) >= 11 is 0. The zero-order valence-electron chi connectivity index (χ0n) is 13.6. The minimum atomic E-state index is -1.92. The first-order valence-electron chi connectivity index (χ1n) is 7.17. The van der Waals surface area contributed by atoms with E-state index in [9.17, 15) is 0 Å². The molecule has 0 aliphatic carbocycles. The van der Waals surface area contributed by atoms with E-state index in [4.69, 9.17) is 8.85 Å². The normalized spacial score (nSPS) is 13.2. The Morgan fingerprint density at radius 3 is 1.83 bits per heavy atom. The van der Waals surface area contributed by atoms with Crippen LogP contribution in [0.2, 0.25) is 39.3 Å². The molecule has 0 aromatic carbocycles. The predicted octanol–water partition coefficient (Wildman–Crippen LogP) is 3.85. The standard InChI is InChI=1S/C13H32O2Si3/c1-10-13(11-2,15-17(6)7)18(8,9)14-12(3)16(4)5/h16-17H,3,10-11H2,1-2,4-9H3. The van der Waals surface area contributed by atoms with Gasteiger partial charge >= 0.3 is 0 Å². The van der Waals surface area contributed by atoms with Crippen molar-refractivity contribution in [1.82, 2.24) is 0 Å². The van der Waals surface area contributed by atoms with Crippen molar-refractivity contribution in [3.8, 4) is 0 Å². The van der Waals surface area contributed by atoms with Crippen molar-refractivity contribution < 1.29 is 8.85 Å². The molecule has 108 valence electrons. The van der Waals surface area contributed by atoms with Gasteiger partial charge < -0.3 is 8.85 Å². The van der Waals surface area contributed by atoms with Gasteiger partial charge in [0, 0.05) is 5.38 Å². The van der Waals surface area contributed by atoms with E-state index in [1.807, 2.05) is 0 Å². The van der Waals surface area contributed by atoms with Crippen LogP contribution in [0, 0.1) is 0 Å². The largest absolute Gasteiger partial charge is 0.549 e. The summed E-state index contributed by atoms with van der Waals surface area (Å²) in [6, 6.07) is 0. The van der Waals surface area contributed by atoms with Crippen molar-refractivity contribution in [3.05, 3.63) is 12.0 Å². The third kappa shape index (κ3) is 4.36. The van der Waals surface area contributed by atoms with Gasteiger partial charge in [-0.15, -0.1) is 0 Å². The zero-order chi connectivity index (χ0) is 14.6. The Hall–Kier alpha value is 0.151. The zero-order valence-corrected chi connectivity index (χ0v) is 16.9. The Morgan fingerprint density at radius 2 is 1.56 bits per heavy atom. The first-order chi connectivity index (χ1) is 8.12. The Kier molecular flexibility index (Phi) is 7.13. The molecule has 5 heteroatoms. The van der Waals surface area contributed by atoms with Gasteiger partial charge in [0.05, 0.1) is 5.22 Å². The van der Waals surface area contributed by atoms with E-state index in [-0.39, 0.29) is 5.22 Å². The van der Waals surface area contributed by atoms with Crippen LogP contribution < -0.4 is 0 Å². The summed E-state index contributed by atoms with van der Waals surface area (Å²) < 4.78 is 12.8. The average molecular weight is 305 g/mol. The molecule has 0 saturated heterocycles. The van der Waals surface area contributed by atoms with Crippen LogP contribution in [0.5, 0.6) is 0 Å². The second-order valence-corrected chi connectivity index (χ2v) is 15.5. The molecular weight excluding hydrogens is 272 g/mol. The van der Waals surface area contributed by atoms with Crippen LogP contribution in [0.15, 0.2) is 12.0 Å². The molecule has 0 fully saturated rings. The molecule has 0 atom stereocenters. The van der Waals surface area contributed by atoms with Crippen LogP contribution >= 0.6 is 0 Å². The predicted molar refractivity (Wildman–Crippen MR) is 89.9 cm³/mol. The highest BCUT2D eigenvalue weighted by molar-refractivity contribution is 6.76. The maximum Gasteiger partial charge on any atom is 0.274 e. The lowest BCUT2D eigenvalue weighted by Gasteiger charge is -2.45. The molecule has 0 unspecified atom stereocenters. The molecule has 0 aromatic rings. The van der Waals surface area contributed by atoms with Crippen LogP contribution in [-0.4, -0.2) is 31.4 Å². The Bertz CT molecular complexity index is 271. The second-order valence-electron chi connectivity index (χ2n) is 6.10. The Morgan fingerprint density at radius 1 is 1.11 bits per heavy atom. The molecule has 0 saturated carbocycles. The molecule has 0 aliphatic heterocycles. The van der Waals surface area contributed by atoms with Crippen molar-refractivity contribution in [1.29, 1.82) is 0 Å². The van der Waals surface area contributed by atoms with E-state index in [0.717, 1.165) is 18.2 Å². The first-order valence-corrected chi connectivity index (χ1v) is 15.7.